The highest BCUT2D eigenvalue weighted by atomic mass is 32.1. The van der Waals surface area contributed by atoms with Crippen LogP contribution in [-0.2, 0) is 22.3 Å². The minimum atomic E-state index is -4.48. The summed E-state index contributed by atoms with van der Waals surface area (Å²) in [5, 5.41) is 2.17. The minimum Gasteiger partial charge on any atom is -0.453 e. The van der Waals surface area contributed by atoms with E-state index in [9.17, 15) is 22.8 Å². The molecule has 0 spiro atoms. The highest BCUT2D eigenvalue weighted by Gasteiger charge is 2.30. The van der Waals surface area contributed by atoms with Crippen molar-refractivity contribution >= 4 is 28.3 Å². The van der Waals surface area contributed by atoms with E-state index in [1.807, 2.05) is 6.92 Å². The van der Waals surface area contributed by atoms with E-state index in [0.29, 0.717) is 17.4 Å². The van der Waals surface area contributed by atoms with Gasteiger partial charge in [0.05, 0.1) is 11.3 Å². The molecule has 3 aromatic rings. The summed E-state index contributed by atoms with van der Waals surface area (Å²) in [6.07, 6.45) is -4.48. The Hall–Kier alpha value is -3.14. The molecule has 6 nitrogen and oxygen atoms in total. The van der Waals surface area contributed by atoms with Crippen molar-refractivity contribution in [1.82, 2.24) is 4.98 Å². The first-order chi connectivity index (χ1) is 14.2. The molecule has 0 aliphatic heterocycles. The molecule has 0 saturated heterocycles. The molecule has 0 aliphatic rings. The second-order valence-electron chi connectivity index (χ2n) is 6.20. The number of ether oxygens (including phenoxy) is 1. The summed E-state index contributed by atoms with van der Waals surface area (Å²) in [6.45, 7) is 3.59. The molecule has 158 valence electrons. The number of furan rings is 1. The van der Waals surface area contributed by atoms with Crippen LogP contribution in [0.4, 0.5) is 18.3 Å². The smallest absolute Gasteiger partial charge is 0.416 e. The third-order valence-corrected chi connectivity index (χ3v) is 5.01. The van der Waals surface area contributed by atoms with E-state index in [4.69, 9.17) is 9.15 Å². The predicted octanol–water partition coefficient (Wildman–Crippen LogP) is 5.15. The number of alkyl halides is 3. The number of esters is 1. The lowest BCUT2D eigenvalue weighted by molar-refractivity contribution is -0.137. The molecule has 2 heterocycles. The quantitative estimate of drug-likeness (QED) is 0.498. The third-order valence-electron chi connectivity index (χ3n) is 4.10. The zero-order valence-corrected chi connectivity index (χ0v) is 16.8. The number of thiazole rings is 1. The average molecular weight is 438 g/mol. The van der Waals surface area contributed by atoms with Crippen molar-refractivity contribution in [2.24, 2.45) is 0 Å². The number of nitrogens with zero attached hydrogens (tertiary/aromatic N) is 2. The normalized spacial score (nSPS) is 11.4. The molecule has 30 heavy (non-hydrogen) atoms. The van der Waals surface area contributed by atoms with Gasteiger partial charge in [0.25, 0.3) is 0 Å². The number of aromatic nitrogens is 1. The fraction of sp³-hybridized carbons (Fsp3) is 0.250. The van der Waals surface area contributed by atoms with Crippen molar-refractivity contribution in [3.05, 3.63) is 58.8 Å². The van der Waals surface area contributed by atoms with E-state index in [1.54, 1.807) is 5.38 Å². The Morgan fingerprint density at radius 3 is 2.67 bits per heavy atom. The molecular formula is C20H17F3N2O4S. The van der Waals surface area contributed by atoms with Gasteiger partial charge < -0.3 is 9.15 Å². The second kappa shape index (κ2) is 8.70. The van der Waals surface area contributed by atoms with Crippen LogP contribution < -0.4 is 4.90 Å². The van der Waals surface area contributed by atoms with E-state index >= 15 is 0 Å². The van der Waals surface area contributed by atoms with Crippen LogP contribution in [0.3, 0.4) is 0 Å². The van der Waals surface area contributed by atoms with Crippen LogP contribution in [0.2, 0.25) is 0 Å². The largest absolute Gasteiger partial charge is 0.453 e. The molecule has 0 aliphatic carbocycles. The molecule has 10 heteroatoms. The molecule has 3 rings (SSSR count). The fourth-order valence-corrected chi connectivity index (χ4v) is 3.56. The highest BCUT2D eigenvalue weighted by molar-refractivity contribution is 7.14. The molecule has 0 bridgehead atoms. The monoisotopic (exact) mass is 438 g/mol. The maximum atomic E-state index is 12.9. The zero-order valence-electron chi connectivity index (χ0n) is 16.0. The van der Waals surface area contributed by atoms with Crippen molar-refractivity contribution in [1.29, 1.82) is 0 Å². The van der Waals surface area contributed by atoms with E-state index in [2.05, 4.69) is 4.98 Å². The maximum absolute atomic E-state index is 12.9. The second-order valence-corrected chi connectivity index (χ2v) is 7.04. The van der Waals surface area contributed by atoms with Crippen molar-refractivity contribution in [3.63, 3.8) is 0 Å². The van der Waals surface area contributed by atoms with Gasteiger partial charge in [0, 0.05) is 24.4 Å². The van der Waals surface area contributed by atoms with Crippen molar-refractivity contribution in [2.75, 3.05) is 11.4 Å². The topological polar surface area (TPSA) is 72.6 Å². The van der Waals surface area contributed by atoms with Crippen LogP contribution >= 0.6 is 11.3 Å². The summed E-state index contributed by atoms with van der Waals surface area (Å²) in [6, 6.07) is 7.35. The van der Waals surface area contributed by atoms with E-state index in [1.165, 1.54) is 47.4 Å². The number of rotatable bonds is 6. The molecule has 2 aromatic heterocycles. The lowest BCUT2D eigenvalue weighted by atomic mass is 10.1. The van der Waals surface area contributed by atoms with Gasteiger partial charge in [0.15, 0.2) is 5.13 Å². The number of carbonyl (C=O) groups is 2. The van der Waals surface area contributed by atoms with E-state index < -0.39 is 17.7 Å². The summed E-state index contributed by atoms with van der Waals surface area (Å²) >= 11 is 1.25. The van der Waals surface area contributed by atoms with Gasteiger partial charge in [-0.25, -0.2) is 9.78 Å². The molecule has 0 fully saturated rings. The van der Waals surface area contributed by atoms with E-state index in [0.717, 1.165) is 12.1 Å². The Morgan fingerprint density at radius 1 is 1.23 bits per heavy atom. The lowest BCUT2D eigenvalue weighted by Crippen LogP contribution is -2.27. The Bertz CT molecular complexity index is 1060. The van der Waals surface area contributed by atoms with Gasteiger partial charge in [-0.3, -0.25) is 9.69 Å². The number of hydrogen-bond donors (Lipinski definition) is 0. The van der Waals surface area contributed by atoms with Crippen LogP contribution in [-0.4, -0.2) is 23.4 Å². The SMILES string of the molecule is CCN(C(C)=O)c1nc(COC(=O)c2ccc(-c3cccc(C(F)(F)F)c3)o2)cs1. The number of anilines is 1. The van der Waals surface area contributed by atoms with Gasteiger partial charge in [-0.15, -0.1) is 11.3 Å². The molecule has 0 radical (unpaired) electrons. The van der Waals surface area contributed by atoms with Gasteiger partial charge >= 0.3 is 12.1 Å². The lowest BCUT2D eigenvalue weighted by Gasteiger charge is -2.14. The van der Waals surface area contributed by atoms with Crippen molar-refractivity contribution in [2.45, 2.75) is 26.6 Å². The first-order valence-electron chi connectivity index (χ1n) is 8.86. The maximum Gasteiger partial charge on any atom is 0.416 e. The molecular weight excluding hydrogens is 421 g/mol. The van der Waals surface area contributed by atoms with Crippen molar-refractivity contribution < 1.29 is 31.9 Å². The average Bonchev–Trinajstić information content (AvgIpc) is 3.36. The molecule has 0 unspecified atom stereocenters. The first-order valence-corrected chi connectivity index (χ1v) is 9.74. The number of benzene rings is 1. The van der Waals surface area contributed by atoms with Crippen LogP contribution in [0.25, 0.3) is 11.3 Å². The zero-order chi connectivity index (χ0) is 21.9. The van der Waals surface area contributed by atoms with Gasteiger partial charge in [0.2, 0.25) is 11.7 Å². The predicted molar refractivity (Wildman–Crippen MR) is 104 cm³/mol. The molecule has 1 amide bonds. The Kier molecular flexibility index (Phi) is 6.25. The summed E-state index contributed by atoms with van der Waals surface area (Å²) in [7, 11) is 0. The summed E-state index contributed by atoms with van der Waals surface area (Å²) in [4.78, 5) is 29.5. The first kappa shape index (κ1) is 21.6. The highest BCUT2D eigenvalue weighted by Crippen LogP contribution is 2.32. The van der Waals surface area contributed by atoms with Crippen LogP contribution in [0.15, 0.2) is 46.2 Å². The molecule has 1 aromatic carbocycles. The summed E-state index contributed by atoms with van der Waals surface area (Å²) in [5.41, 5.74) is -0.156. The van der Waals surface area contributed by atoms with Gasteiger partial charge in [-0.1, -0.05) is 12.1 Å². The fourth-order valence-electron chi connectivity index (χ4n) is 2.64. The number of halogens is 3. The van der Waals surface area contributed by atoms with Gasteiger partial charge in [-0.2, -0.15) is 13.2 Å². The number of carbonyl (C=O) groups excluding carboxylic acids is 2. The van der Waals surface area contributed by atoms with Crippen molar-refractivity contribution in [3.8, 4) is 11.3 Å². The number of amides is 1. The van der Waals surface area contributed by atoms with Crippen LogP contribution in [0.1, 0.15) is 35.7 Å². The van der Waals surface area contributed by atoms with Gasteiger partial charge in [0.1, 0.15) is 12.4 Å². The molecule has 0 atom stereocenters. The minimum absolute atomic E-state index is 0.115. The third kappa shape index (κ3) is 4.88. The molecule has 0 saturated carbocycles. The van der Waals surface area contributed by atoms with Gasteiger partial charge in [-0.05, 0) is 31.2 Å². The van der Waals surface area contributed by atoms with Crippen LogP contribution in [0, 0.1) is 0 Å². The molecule has 0 N–H and O–H groups in total. The standard InChI is InChI=1S/C20H17F3N2O4S/c1-3-25(12(2)26)19-24-15(11-30-19)10-28-18(27)17-8-7-16(29-17)13-5-4-6-14(9-13)20(21,22)23/h4-9,11H,3,10H2,1-2H3. The Balaban J connectivity index is 1.66. The summed E-state index contributed by atoms with van der Waals surface area (Å²) < 4.78 is 49.1. The summed E-state index contributed by atoms with van der Waals surface area (Å²) in [5.74, 6) is -0.949. The number of hydrogen-bond acceptors (Lipinski definition) is 6. The Morgan fingerprint density at radius 2 is 2.00 bits per heavy atom. The van der Waals surface area contributed by atoms with Crippen LogP contribution in [0.5, 0.6) is 0 Å². The Labute approximate surface area is 173 Å². The van der Waals surface area contributed by atoms with E-state index in [-0.39, 0.29) is 29.6 Å².